The second kappa shape index (κ2) is 9.07. The van der Waals surface area contributed by atoms with Crippen LogP contribution in [0.15, 0.2) is 16.9 Å². The van der Waals surface area contributed by atoms with Gasteiger partial charge in [0.15, 0.2) is 11.6 Å². The number of aliphatic hydroxyl groups excluding tert-OH is 1. The van der Waals surface area contributed by atoms with Crippen molar-refractivity contribution in [1.29, 1.82) is 0 Å². The molecule has 0 bridgehead atoms. The largest absolute Gasteiger partial charge is 0.483 e. The average Bonchev–Trinajstić information content (AvgIpc) is 2.67. The molecule has 11 heteroatoms. The maximum atomic E-state index is 13.8. The van der Waals surface area contributed by atoms with Crippen LogP contribution >= 0.6 is 0 Å². The highest BCUT2D eigenvalue weighted by Crippen LogP contribution is 2.33. The summed E-state index contributed by atoms with van der Waals surface area (Å²) in [6.07, 6.45) is -1.06. The molecule has 1 aliphatic rings. The van der Waals surface area contributed by atoms with Gasteiger partial charge in [-0.05, 0) is 24.4 Å². The smallest absolute Gasteiger partial charge is 0.290 e. The summed E-state index contributed by atoms with van der Waals surface area (Å²) in [5, 5.41) is 16.6. The Kier molecular flexibility index (Phi) is 7.01. The van der Waals surface area contributed by atoms with E-state index in [0.29, 0.717) is 11.3 Å². The van der Waals surface area contributed by atoms with Crippen LogP contribution in [-0.2, 0) is 20.9 Å². The van der Waals surface area contributed by atoms with E-state index in [-0.39, 0.29) is 30.5 Å². The molecule has 0 fully saturated rings. The van der Waals surface area contributed by atoms with Crippen LogP contribution in [-0.4, -0.2) is 58.3 Å². The lowest BCUT2D eigenvalue weighted by molar-refractivity contribution is -0.137. The summed E-state index contributed by atoms with van der Waals surface area (Å²) < 4.78 is 32.8. The monoisotopic (exact) mass is 413 g/mol. The number of pyridine rings is 1. The molecule has 0 spiro atoms. The number of carboxylic acid groups (broad SMARTS) is 1. The van der Waals surface area contributed by atoms with Crippen molar-refractivity contribution in [3.63, 3.8) is 0 Å². The quantitative estimate of drug-likeness (QED) is 0.528. The summed E-state index contributed by atoms with van der Waals surface area (Å²) in [7, 11) is 1.48. The lowest BCUT2D eigenvalue weighted by atomic mass is 9.95. The molecule has 0 radical (unpaired) electrons. The minimum atomic E-state index is -1.14. The first kappa shape index (κ1) is 22.4. The van der Waals surface area contributed by atoms with E-state index < -0.39 is 41.3 Å². The Morgan fingerprint density at radius 1 is 1.38 bits per heavy atom. The number of amides is 1. The van der Waals surface area contributed by atoms with E-state index in [9.17, 15) is 23.5 Å². The van der Waals surface area contributed by atoms with Crippen LogP contribution in [0.3, 0.4) is 0 Å². The number of carbonyl (C=O) groups is 2. The molecule has 5 N–H and O–H groups in total. The van der Waals surface area contributed by atoms with E-state index in [1.165, 1.54) is 18.9 Å². The molecule has 1 amide bonds. The summed E-state index contributed by atoms with van der Waals surface area (Å²) in [6.45, 7) is 1.30. The van der Waals surface area contributed by atoms with E-state index in [1.54, 1.807) is 0 Å². The van der Waals surface area contributed by atoms with Gasteiger partial charge in [0.05, 0.1) is 30.7 Å². The van der Waals surface area contributed by atoms with E-state index >= 15 is 0 Å². The minimum absolute atomic E-state index is 0.0183. The summed E-state index contributed by atoms with van der Waals surface area (Å²) in [5.74, 6) is -2.76. The van der Waals surface area contributed by atoms with Gasteiger partial charge in [0, 0.05) is 18.3 Å². The zero-order valence-electron chi connectivity index (χ0n) is 15.7. The van der Waals surface area contributed by atoms with Gasteiger partial charge in [-0.25, -0.2) is 8.78 Å². The second-order valence-electron chi connectivity index (χ2n) is 6.51. The van der Waals surface area contributed by atoms with Crippen LogP contribution in [0.25, 0.3) is 10.8 Å². The topological polar surface area (TPSA) is 146 Å². The first-order chi connectivity index (χ1) is 13.6. The van der Waals surface area contributed by atoms with Crippen LogP contribution in [0.4, 0.5) is 8.78 Å². The number of aliphatic hydroxyl groups is 1. The Bertz CT molecular complexity index is 978. The summed E-state index contributed by atoms with van der Waals surface area (Å²) >= 11 is 0. The standard InChI is InChI=1S/C17H19F2N3O4.CH2O2/c1-7(23)15(20)17(25)22(2)13-6-26-5-12-14(13)8-3-10(18)11(19)4-9(8)16(24)21-12;2-1-3/h3-4,7,13,15,23H,5-6,20H2,1-2H3,(H,21,24);1H,(H,2,3)/t7-,13-,15-;/m1./s1. The Morgan fingerprint density at radius 3 is 2.48 bits per heavy atom. The fourth-order valence-corrected chi connectivity index (χ4v) is 3.14. The van der Waals surface area contributed by atoms with Crippen molar-refractivity contribution in [3.8, 4) is 0 Å². The van der Waals surface area contributed by atoms with Crippen LogP contribution in [0.1, 0.15) is 24.2 Å². The first-order valence-electron chi connectivity index (χ1n) is 8.53. The van der Waals surface area contributed by atoms with Gasteiger partial charge in [0.25, 0.3) is 12.0 Å². The van der Waals surface area contributed by atoms with E-state index in [0.717, 1.165) is 12.1 Å². The van der Waals surface area contributed by atoms with E-state index in [4.69, 9.17) is 20.4 Å². The number of nitrogens with zero attached hydrogens (tertiary/aromatic N) is 1. The Balaban J connectivity index is 0.000000941. The molecule has 3 atom stereocenters. The Morgan fingerprint density at radius 2 is 1.93 bits per heavy atom. The Hall–Kier alpha value is -2.89. The van der Waals surface area contributed by atoms with Gasteiger partial charge < -0.3 is 30.6 Å². The lowest BCUT2D eigenvalue weighted by Gasteiger charge is -2.35. The van der Waals surface area contributed by atoms with Crippen molar-refractivity contribution in [2.45, 2.75) is 31.7 Å². The second-order valence-corrected chi connectivity index (χ2v) is 6.51. The number of likely N-dealkylation sites (N-methyl/N-ethyl adjacent to an activating group) is 1. The number of ether oxygens (including phenoxy) is 1. The van der Waals surface area contributed by atoms with Gasteiger partial charge in [-0.2, -0.15) is 0 Å². The third kappa shape index (κ3) is 4.42. The molecule has 1 aliphatic heterocycles. The van der Waals surface area contributed by atoms with Gasteiger partial charge in [-0.3, -0.25) is 14.4 Å². The summed E-state index contributed by atoms with van der Waals surface area (Å²) in [5.41, 5.74) is 6.00. The zero-order valence-corrected chi connectivity index (χ0v) is 15.7. The van der Waals surface area contributed by atoms with Crippen molar-refractivity contribution >= 4 is 23.2 Å². The molecule has 0 saturated carbocycles. The highest BCUT2D eigenvalue weighted by Gasteiger charge is 2.33. The van der Waals surface area contributed by atoms with E-state index in [2.05, 4.69) is 4.98 Å². The molecule has 1 aromatic carbocycles. The van der Waals surface area contributed by atoms with Gasteiger partial charge in [-0.1, -0.05) is 0 Å². The van der Waals surface area contributed by atoms with Crippen molar-refractivity contribution in [1.82, 2.24) is 9.88 Å². The number of hydrogen-bond donors (Lipinski definition) is 4. The number of nitrogens with one attached hydrogen (secondary N) is 1. The molecule has 0 saturated heterocycles. The average molecular weight is 413 g/mol. The van der Waals surface area contributed by atoms with Gasteiger partial charge >= 0.3 is 0 Å². The zero-order chi connectivity index (χ0) is 21.9. The highest BCUT2D eigenvalue weighted by atomic mass is 19.2. The maximum Gasteiger partial charge on any atom is 0.290 e. The number of carbonyl (C=O) groups excluding carboxylic acids is 1. The lowest BCUT2D eigenvalue weighted by Crippen LogP contribution is -2.50. The maximum absolute atomic E-state index is 13.8. The fraction of sp³-hybridized carbons (Fsp3) is 0.389. The molecule has 0 aliphatic carbocycles. The third-order valence-electron chi connectivity index (χ3n) is 4.66. The number of benzene rings is 1. The molecule has 158 valence electrons. The number of hydrogen-bond acceptors (Lipinski definition) is 6. The number of rotatable bonds is 3. The fourth-order valence-electron chi connectivity index (χ4n) is 3.14. The van der Waals surface area contributed by atoms with Crippen LogP contribution < -0.4 is 11.3 Å². The number of aromatic amines is 1. The Labute approximate surface area is 163 Å². The van der Waals surface area contributed by atoms with Gasteiger partial charge in [-0.15, -0.1) is 0 Å². The predicted octanol–water partition coefficient (Wildman–Crippen LogP) is 0.245. The molecule has 2 heterocycles. The number of H-pyrrole nitrogens is 1. The number of aromatic nitrogens is 1. The van der Waals surface area contributed by atoms with Gasteiger partial charge in [0.2, 0.25) is 5.91 Å². The van der Waals surface area contributed by atoms with Crippen LogP contribution in [0.2, 0.25) is 0 Å². The van der Waals surface area contributed by atoms with Crippen molar-refractivity contribution in [2.24, 2.45) is 5.73 Å². The summed E-state index contributed by atoms with van der Waals surface area (Å²) in [6, 6.07) is -0.0438. The molecule has 2 aromatic rings. The molecule has 3 rings (SSSR count). The first-order valence-corrected chi connectivity index (χ1v) is 8.53. The molecule has 9 nitrogen and oxygen atoms in total. The SMILES string of the molecule is C[C@@H](O)[C@@H](N)C(=O)N(C)[C@@H]1COCc2[nH]c(=O)c3cc(F)c(F)cc3c21.O=CO. The normalized spacial score (nSPS) is 17.5. The minimum Gasteiger partial charge on any atom is -0.483 e. The van der Waals surface area contributed by atoms with Crippen molar-refractivity contribution < 1.29 is 33.3 Å². The number of halogens is 2. The highest BCUT2D eigenvalue weighted by molar-refractivity contribution is 5.88. The van der Waals surface area contributed by atoms with Crippen LogP contribution in [0.5, 0.6) is 0 Å². The van der Waals surface area contributed by atoms with Gasteiger partial charge in [0.1, 0.15) is 6.04 Å². The molecule has 29 heavy (non-hydrogen) atoms. The predicted molar refractivity (Wildman–Crippen MR) is 98.0 cm³/mol. The third-order valence-corrected chi connectivity index (χ3v) is 4.66. The molecular weight excluding hydrogens is 392 g/mol. The van der Waals surface area contributed by atoms with Crippen LogP contribution in [0, 0.1) is 11.6 Å². The van der Waals surface area contributed by atoms with E-state index in [1.807, 2.05) is 0 Å². The number of fused-ring (bicyclic) bond motifs is 3. The molecule has 0 unspecified atom stereocenters. The van der Waals surface area contributed by atoms with Crippen molar-refractivity contribution in [2.75, 3.05) is 13.7 Å². The number of nitrogens with two attached hydrogens (primary N) is 1. The molecule has 1 aromatic heterocycles. The molecular formula is C18H21F2N3O6. The van der Waals surface area contributed by atoms with Crippen molar-refractivity contribution in [3.05, 3.63) is 45.4 Å². The summed E-state index contributed by atoms with van der Waals surface area (Å²) in [4.78, 5) is 36.9.